The van der Waals surface area contributed by atoms with E-state index in [1.807, 2.05) is 0 Å². The molecule has 0 unspecified atom stereocenters. The van der Waals surface area contributed by atoms with Crippen molar-refractivity contribution < 1.29 is 54.5 Å². The predicted octanol–water partition coefficient (Wildman–Crippen LogP) is 1.49. The van der Waals surface area contributed by atoms with Crippen LogP contribution in [0.4, 0.5) is 18.9 Å². The zero-order valence-electron chi connectivity index (χ0n) is 15.0. The second kappa shape index (κ2) is 8.70. The Balaban J connectivity index is 2.07. The SMILES string of the molecule is O=[N+](O)c1ccc([I+](OS(=O)(=O)c2ccccc2C(F)(F)F)c2ccccc2)cc1. The molecule has 0 saturated heterocycles. The third kappa shape index (κ3) is 4.96. The number of rotatable bonds is 6. The van der Waals surface area contributed by atoms with Crippen LogP contribution in [0.1, 0.15) is 5.56 Å². The van der Waals surface area contributed by atoms with Crippen LogP contribution in [0.3, 0.4) is 0 Å². The Hall–Kier alpha value is -2.51. The molecule has 0 bridgehead atoms. The van der Waals surface area contributed by atoms with E-state index in [-0.39, 0.29) is 10.6 Å². The van der Waals surface area contributed by atoms with Crippen LogP contribution in [0.15, 0.2) is 83.8 Å². The van der Waals surface area contributed by atoms with Gasteiger partial charge in [0.25, 0.3) is 4.92 Å². The van der Waals surface area contributed by atoms with Crippen LogP contribution in [0, 0.1) is 12.0 Å². The molecule has 0 fully saturated rings. The molecule has 0 heterocycles. The number of nitrogens with zero attached hydrogens (tertiary/aromatic N) is 1. The van der Waals surface area contributed by atoms with E-state index in [1.54, 1.807) is 30.3 Å². The second-order valence-corrected chi connectivity index (χ2v) is 12.3. The van der Waals surface area contributed by atoms with Gasteiger partial charge in [-0.3, -0.25) is 0 Å². The van der Waals surface area contributed by atoms with E-state index >= 15 is 0 Å². The minimum atomic E-state index is -4.88. The van der Waals surface area contributed by atoms with Crippen molar-refractivity contribution in [1.82, 2.24) is 0 Å². The topological polar surface area (TPSA) is 83.7 Å². The van der Waals surface area contributed by atoms with E-state index in [2.05, 4.69) is 0 Å². The zero-order chi connectivity index (χ0) is 21.9. The van der Waals surface area contributed by atoms with Crippen LogP contribution in [0.2, 0.25) is 0 Å². The van der Waals surface area contributed by atoms with Crippen LogP contribution in [-0.4, -0.2) is 18.5 Å². The van der Waals surface area contributed by atoms with E-state index in [0.717, 1.165) is 12.1 Å². The molecule has 0 aliphatic carbocycles. The Morgan fingerprint density at radius 1 is 0.833 bits per heavy atom. The quantitative estimate of drug-likeness (QED) is 0.371. The normalized spacial score (nSPS) is 12.1. The highest BCUT2D eigenvalue weighted by molar-refractivity contribution is 7.86. The van der Waals surface area contributed by atoms with Gasteiger partial charge in [0.1, 0.15) is 4.90 Å². The molecule has 0 aliphatic heterocycles. The maximum atomic E-state index is 13.3. The van der Waals surface area contributed by atoms with E-state index in [4.69, 9.17) is 7.72 Å². The summed E-state index contributed by atoms with van der Waals surface area (Å²) in [5, 5.41) is 8.97. The van der Waals surface area contributed by atoms with Gasteiger partial charge >= 0.3 is 42.2 Å². The highest BCUT2D eigenvalue weighted by atomic mass is 127. The van der Waals surface area contributed by atoms with Gasteiger partial charge in [0.05, 0.1) is 10.5 Å². The Morgan fingerprint density at radius 2 is 1.37 bits per heavy atom. The van der Waals surface area contributed by atoms with Crippen molar-refractivity contribution >= 4 is 15.8 Å². The second-order valence-electron chi connectivity index (χ2n) is 5.80. The molecule has 0 aromatic heterocycles. The molecular formula is C19H14F3INO5S+2. The fraction of sp³-hybridized carbons (Fsp3) is 0.0526. The molecule has 0 spiro atoms. The standard InChI is InChI=1S/C19H14F3INO5S/c20-19(21,22)17-8-4-5-9-18(17)30(27,28)29-23(14-6-2-1-3-7-14)15-10-12-16(13-11-15)24(25)26/h1-13H,(H,25,26)/q+2. The van der Waals surface area contributed by atoms with Crippen molar-refractivity contribution in [3.63, 3.8) is 0 Å². The van der Waals surface area contributed by atoms with Gasteiger partial charge < -0.3 is 0 Å². The molecule has 1 N–H and O–H groups in total. The lowest BCUT2D eigenvalue weighted by Gasteiger charge is -2.12. The third-order valence-corrected chi connectivity index (χ3v) is 11.2. The smallest absolute Gasteiger partial charge is 0.241 e. The molecule has 3 aromatic rings. The molecule has 0 saturated carbocycles. The van der Waals surface area contributed by atoms with E-state index < -0.39 is 47.0 Å². The molecular weight excluding hydrogens is 538 g/mol. The first-order valence-corrected chi connectivity index (χ1v) is 12.7. The Morgan fingerprint density at radius 3 is 1.93 bits per heavy atom. The molecule has 1 radical (unpaired) electrons. The summed E-state index contributed by atoms with van der Waals surface area (Å²) in [7, 11) is -4.77. The van der Waals surface area contributed by atoms with E-state index in [1.165, 1.54) is 30.3 Å². The highest BCUT2D eigenvalue weighted by Crippen LogP contribution is 2.34. The largest absolute Gasteiger partial charge is 0.417 e. The van der Waals surface area contributed by atoms with E-state index in [0.29, 0.717) is 13.2 Å². The van der Waals surface area contributed by atoms with Gasteiger partial charge in [-0.2, -0.15) is 21.6 Å². The van der Waals surface area contributed by atoms with Crippen molar-refractivity contribution in [3.05, 3.63) is 96.5 Å². The van der Waals surface area contributed by atoms with Crippen LogP contribution in [-0.2, 0) is 18.8 Å². The summed E-state index contributed by atoms with van der Waals surface area (Å²) in [5.41, 5.74) is -1.40. The highest BCUT2D eigenvalue weighted by Gasteiger charge is 2.43. The van der Waals surface area contributed by atoms with Gasteiger partial charge in [-0.05, 0) is 38.9 Å². The van der Waals surface area contributed by atoms with Crippen molar-refractivity contribution in [3.8, 4) is 0 Å². The number of benzene rings is 3. The summed E-state index contributed by atoms with van der Waals surface area (Å²) in [5.74, 6) is 0. The minimum Gasteiger partial charge on any atom is -0.241 e. The molecule has 0 atom stereocenters. The van der Waals surface area contributed by atoms with Crippen molar-refractivity contribution in [2.45, 2.75) is 11.1 Å². The summed E-state index contributed by atoms with van der Waals surface area (Å²) in [4.78, 5) is 9.67. The summed E-state index contributed by atoms with van der Waals surface area (Å²) in [6.45, 7) is 0. The predicted molar refractivity (Wildman–Crippen MR) is 95.1 cm³/mol. The van der Waals surface area contributed by atoms with Crippen molar-refractivity contribution in [1.29, 1.82) is 0 Å². The van der Waals surface area contributed by atoms with Crippen LogP contribution in [0.5, 0.6) is 0 Å². The zero-order valence-corrected chi connectivity index (χ0v) is 17.9. The van der Waals surface area contributed by atoms with Gasteiger partial charge in [0.2, 0.25) is 0 Å². The molecule has 0 amide bonds. The van der Waals surface area contributed by atoms with Crippen LogP contribution < -0.4 is 20.2 Å². The molecule has 11 heteroatoms. The molecule has 3 aromatic carbocycles. The lowest BCUT2D eigenvalue weighted by molar-refractivity contribution is -1.03. The fourth-order valence-corrected chi connectivity index (χ4v) is 9.57. The first kappa shape index (κ1) is 22.2. The van der Waals surface area contributed by atoms with Crippen molar-refractivity contribution in [2.24, 2.45) is 0 Å². The van der Waals surface area contributed by atoms with Crippen molar-refractivity contribution in [2.75, 3.05) is 0 Å². The van der Waals surface area contributed by atoms with E-state index in [9.17, 15) is 26.5 Å². The minimum absolute atomic E-state index is 0.0899. The van der Waals surface area contributed by atoms with Gasteiger partial charge in [0.15, 0.2) is 7.14 Å². The molecule has 30 heavy (non-hydrogen) atoms. The third-order valence-electron chi connectivity index (χ3n) is 3.78. The average molecular weight is 552 g/mol. The van der Waals surface area contributed by atoms with Crippen LogP contribution in [0.25, 0.3) is 0 Å². The Bertz CT molecular complexity index is 1150. The number of hydrogen-bond acceptors (Lipinski definition) is 4. The van der Waals surface area contributed by atoms with Gasteiger partial charge in [-0.15, -0.1) is 0 Å². The lowest BCUT2D eigenvalue weighted by Crippen LogP contribution is -3.85. The average Bonchev–Trinajstić information content (AvgIpc) is 2.72. The number of alkyl halides is 3. The van der Waals surface area contributed by atoms with Gasteiger partial charge in [-0.25, -0.2) is 5.21 Å². The molecule has 0 aliphatic rings. The Kier molecular flexibility index (Phi) is 6.43. The molecule has 6 nitrogen and oxygen atoms in total. The molecule has 157 valence electrons. The maximum absolute atomic E-state index is 13.3. The number of hydrogen-bond donors (Lipinski definition) is 1. The first-order chi connectivity index (χ1) is 14.1. The lowest BCUT2D eigenvalue weighted by atomic mass is 10.2. The van der Waals surface area contributed by atoms with Gasteiger partial charge in [0, 0.05) is 12.1 Å². The molecule has 3 rings (SSSR count). The Labute approximate surface area is 177 Å². The number of halogens is 4. The summed E-state index contributed by atoms with van der Waals surface area (Å²) >= 11 is -3.25. The first-order valence-electron chi connectivity index (χ1n) is 8.22. The summed E-state index contributed by atoms with van der Waals surface area (Å²) < 4.78 is 72.0. The van der Waals surface area contributed by atoms with Crippen LogP contribution >= 0.6 is 0 Å². The monoisotopic (exact) mass is 552 g/mol. The maximum Gasteiger partial charge on any atom is 0.417 e. The fourth-order valence-electron chi connectivity index (χ4n) is 2.45. The summed E-state index contributed by atoms with van der Waals surface area (Å²) in [6.07, 6.45) is -4.88. The summed E-state index contributed by atoms with van der Waals surface area (Å²) in [6, 6.07) is 17.4. The van der Waals surface area contributed by atoms with Gasteiger partial charge in [-0.1, -0.05) is 30.3 Å².